The van der Waals surface area contributed by atoms with Gasteiger partial charge in [0.2, 0.25) is 0 Å². The maximum absolute atomic E-state index is 12.8. The largest absolute Gasteiger partial charge is 0.268 e. The van der Waals surface area contributed by atoms with E-state index in [9.17, 15) is 8.42 Å². The molecule has 1 saturated heterocycles. The molecule has 0 atom stereocenters. The highest BCUT2D eigenvalue weighted by molar-refractivity contribution is 9.10. The van der Waals surface area contributed by atoms with Crippen molar-refractivity contribution in [2.45, 2.75) is 37.6 Å². The molecular formula is C16H20BrN3O2S2. The lowest BCUT2D eigenvalue weighted by atomic mass is 10.2. The van der Waals surface area contributed by atoms with Gasteiger partial charge in [-0.1, -0.05) is 15.9 Å². The van der Waals surface area contributed by atoms with Crippen LogP contribution in [0.4, 0.5) is 5.82 Å². The Balaban J connectivity index is 1.84. The molecule has 130 valence electrons. The van der Waals surface area contributed by atoms with Crippen LogP contribution in [0.2, 0.25) is 0 Å². The third kappa shape index (κ3) is 3.81. The molecular weight excluding hydrogens is 410 g/mol. The molecule has 0 radical (unpaired) electrons. The van der Waals surface area contributed by atoms with E-state index >= 15 is 0 Å². The van der Waals surface area contributed by atoms with E-state index in [0.717, 1.165) is 28.8 Å². The summed E-state index contributed by atoms with van der Waals surface area (Å²) < 4.78 is 30.9. The number of sulfonamides is 1. The quantitative estimate of drug-likeness (QED) is 0.792. The average molecular weight is 430 g/mol. The summed E-state index contributed by atoms with van der Waals surface area (Å²) in [5, 5.41) is 4.43. The van der Waals surface area contributed by atoms with E-state index in [1.165, 1.54) is 0 Å². The van der Waals surface area contributed by atoms with Crippen LogP contribution in [0.1, 0.15) is 30.0 Å². The van der Waals surface area contributed by atoms with Crippen molar-refractivity contribution in [1.29, 1.82) is 0 Å². The van der Waals surface area contributed by atoms with Crippen molar-refractivity contribution >= 4 is 43.5 Å². The second-order valence-electron chi connectivity index (χ2n) is 6.00. The molecule has 0 saturated carbocycles. The van der Waals surface area contributed by atoms with Gasteiger partial charge in [0, 0.05) is 16.7 Å². The smallest absolute Gasteiger partial charge is 0.263 e. The molecule has 2 aromatic rings. The highest BCUT2D eigenvalue weighted by Gasteiger charge is 2.22. The number of nitrogens with one attached hydrogen (secondary N) is 1. The molecule has 1 aromatic heterocycles. The standard InChI is InChI=1S/C16H20BrN3O2S2/c1-11-9-13(17)10-12(2)16(11)24(21,22)19-15-3-6-20(18-15)14-4-7-23-8-5-14/h3,6,9-10,14H,4-5,7-8H2,1-2H3,(H,18,19). The summed E-state index contributed by atoms with van der Waals surface area (Å²) in [7, 11) is -3.66. The van der Waals surface area contributed by atoms with Crippen LogP contribution in [0.3, 0.4) is 0 Å². The minimum absolute atomic E-state index is 0.314. The molecule has 8 heteroatoms. The Kier molecular flexibility index (Phi) is 5.27. The van der Waals surface area contributed by atoms with Gasteiger partial charge in [0.05, 0.1) is 10.9 Å². The first-order valence-electron chi connectivity index (χ1n) is 7.79. The number of hydrogen-bond acceptors (Lipinski definition) is 4. The number of halogens is 1. The summed E-state index contributed by atoms with van der Waals surface area (Å²) in [6.07, 6.45) is 4.01. The number of aryl methyl sites for hydroxylation is 2. The van der Waals surface area contributed by atoms with Gasteiger partial charge in [-0.15, -0.1) is 0 Å². The Morgan fingerprint density at radius 3 is 2.50 bits per heavy atom. The third-order valence-corrected chi connectivity index (χ3v) is 7.27. The molecule has 1 N–H and O–H groups in total. The summed E-state index contributed by atoms with van der Waals surface area (Å²) in [4.78, 5) is 0.314. The SMILES string of the molecule is Cc1cc(Br)cc(C)c1S(=O)(=O)Nc1ccn(C2CCSCC2)n1. The van der Waals surface area contributed by atoms with Crippen LogP contribution in [-0.2, 0) is 10.0 Å². The van der Waals surface area contributed by atoms with Gasteiger partial charge in [-0.2, -0.15) is 16.9 Å². The summed E-state index contributed by atoms with van der Waals surface area (Å²) in [6.45, 7) is 3.59. The van der Waals surface area contributed by atoms with Gasteiger partial charge in [-0.05, 0) is 61.5 Å². The fourth-order valence-electron chi connectivity index (χ4n) is 3.06. The van der Waals surface area contributed by atoms with Crippen molar-refractivity contribution in [3.8, 4) is 0 Å². The van der Waals surface area contributed by atoms with Gasteiger partial charge >= 0.3 is 0 Å². The van der Waals surface area contributed by atoms with Crippen LogP contribution < -0.4 is 4.72 Å². The lowest BCUT2D eigenvalue weighted by Crippen LogP contribution is -2.18. The molecule has 5 nitrogen and oxygen atoms in total. The Morgan fingerprint density at radius 1 is 1.25 bits per heavy atom. The first kappa shape index (κ1) is 17.8. The van der Waals surface area contributed by atoms with Gasteiger partial charge in [-0.25, -0.2) is 8.42 Å². The van der Waals surface area contributed by atoms with Crippen LogP contribution in [0, 0.1) is 13.8 Å². The lowest BCUT2D eigenvalue weighted by Gasteiger charge is -2.21. The molecule has 1 fully saturated rings. The van der Waals surface area contributed by atoms with Crippen molar-refractivity contribution in [3.63, 3.8) is 0 Å². The predicted octanol–water partition coefficient (Wildman–Crippen LogP) is 4.13. The molecule has 24 heavy (non-hydrogen) atoms. The molecule has 1 aliphatic rings. The Morgan fingerprint density at radius 2 is 1.88 bits per heavy atom. The van der Waals surface area contributed by atoms with E-state index in [1.807, 2.05) is 22.6 Å². The molecule has 0 bridgehead atoms. The van der Waals surface area contributed by atoms with Gasteiger partial charge in [-0.3, -0.25) is 9.40 Å². The first-order chi connectivity index (χ1) is 11.4. The summed E-state index contributed by atoms with van der Waals surface area (Å²) in [6, 6.07) is 5.70. The summed E-state index contributed by atoms with van der Waals surface area (Å²) in [5.74, 6) is 2.63. The van der Waals surface area contributed by atoms with E-state index in [4.69, 9.17) is 0 Å². The maximum atomic E-state index is 12.8. The highest BCUT2D eigenvalue weighted by atomic mass is 79.9. The molecule has 0 spiro atoms. The number of benzene rings is 1. The Labute approximate surface area is 155 Å². The summed E-state index contributed by atoms with van der Waals surface area (Å²) in [5.41, 5.74) is 1.41. The van der Waals surface area contributed by atoms with Crippen LogP contribution in [0.5, 0.6) is 0 Å². The minimum Gasteiger partial charge on any atom is -0.268 e. The Bertz CT molecular complexity index is 820. The Hall–Kier alpha value is -0.990. The van der Waals surface area contributed by atoms with Gasteiger partial charge < -0.3 is 0 Å². The van der Waals surface area contributed by atoms with Crippen molar-refractivity contribution in [3.05, 3.63) is 40.0 Å². The molecule has 1 aliphatic heterocycles. The highest BCUT2D eigenvalue weighted by Crippen LogP contribution is 2.28. The fraction of sp³-hybridized carbons (Fsp3) is 0.438. The lowest BCUT2D eigenvalue weighted by molar-refractivity contribution is 0.428. The minimum atomic E-state index is -3.66. The van der Waals surface area contributed by atoms with Crippen molar-refractivity contribution < 1.29 is 8.42 Å². The van der Waals surface area contributed by atoms with Gasteiger partial charge in [0.25, 0.3) is 10.0 Å². The number of nitrogens with zero attached hydrogens (tertiary/aromatic N) is 2. The molecule has 0 aliphatic carbocycles. The zero-order chi connectivity index (χ0) is 17.3. The maximum Gasteiger partial charge on any atom is 0.263 e. The number of aromatic nitrogens is 2. The molecule has 0 amide bonds. The number of thioether (sulfide) groups is 1. The van der Waals surface area contributed by atoms with E-state index < -0.39 is 10.0 Å². The topological polar surface area (TPSA) is 64.0 Å². The van der Waals surface area contributed by atoms with E-state index in [0.29, 0.717) is 27.9 Å². The van der Waals surface area contributed by atoms with Crippen LogP contribution in [0.15, 0.2) is 33.8 Å². The van der Waals surface area contributed by atoms with Crippen LogP contribution in [-0.4, -0.2) is 29.7 Å². The van der Waals surface area contributed by atoms with Gasteiger partial charge in [0.15, 0.2) is 5.82 Å². The zero-order valence-corrected chi connectivity index (χ0v) is 16.8. The first-order valence-corrected chi connectivity index (χ1v) is 11.2. The van der Waals surface area contributed by atoms with E-state index in [2.05, 4.69) is 25.8 Å². The van der Waals surface area contributed by atoms with E-state index in [1.54, 1.807) is 32.0 Å². The average Bonchev–Trinajstić information content (AvgIpc) is 2.94. The zero-order valence-electron chi connectivity index (χ0n) is 13.6. The monoisotopic (exact) mass is 429 g/mol. The van der Waals surface area contributed by atoms with Crippen molar-refractivity contribution in [2.75, 3.05) is 16.2 Å². The second kappa shape index (κ2) is 7.09. The number of anilines is 1. The van der Waals surface area contributed by atoms with Crippen molar-refractivity contribution in [2.24, 2.45) is 0 Å². The molecule has 0 unspecified atom stereocenters. The van der Waals surface area contributed by atoms with Gasteiger partial charge in [0.1, 0.15) is 0 Å². The second-order valence-corrected chi connectivity index (χ2v) is 9.76. The molecule has 2 heterocycles. The van der Waals surface area contributed by atoms with Crippen LogP contribution >= 0.6 is 27.7 Å². The number of rotatable bonds is 4. The predicted molar refractivity (Wildman–Crippen MR) is 102 cm³/mol. The fourth-order valence-corrected chi connectivity index (χ4v) is 6.28. The molecule has 3 rings (SSSR count). The molecule has 1 aromatic carbocycles. The number of hydrogen-bond donors (Lipinski definition) is 1. The van der Waals surface area contributed by atoms with Crippen LogP contribution in [0.25, 0.3) is 0 Å². The van der Waals surface area contributed by atoms with Crippen molar-refractivity contribution in [1.82, 2.24) is 9.78 Å². The summed E-state index contributed by atoms with van der Waals surface area (Å²) >= 11 is 5.35. The normalized spacial score (nSPS) is 16.3. The third-order valence-electron chi connectivity index (χ3n) is 4.11. The van der Waals surface area contributed by atoms with E-state index in [-0.39, 0.29) is 0 Å².